The number of carbonyl (C=O) groups is 1. The van der Waals surface area contributed by atoms with Gasteiger partial charge in [0, 0.05) is 32.0 Å². The van der Waals surface area contributed by atoms with E-state index in [2.05, 4.69) is 41.7 Å². The number of carbonyl (C=O) groups excluding carboxylic acids is 1. The van der Waals surface area contributed by atoms with Crippen LogP contribution < -0.4 is 11.2 Å². The van der Waals surface area contributed by atoms with Gasteiger partial charge in [-0.1, -0.05) is 36.8 Å². The number of hydrogen-bond acceptors (Lipinski definition) is 5. The SMILES string of the molecule is COC[C@]1(OC)CCC2C3CCC4=CC(=O)CCC4=C3C(c3ccc(/C=N/NC(N)=S)cc3)CC21C. The molecule has 0 spiro atoms. The van der Waals surface area contributed by atoms with Crippen LogP contribution in [0.4, 0.5) is 0 Å². The lowest BCUT2D eigenvalue weighted by molar-refractivity contribution is -0.149. The van der Waals surface area contributed by atoms with Gasteiger partial charge in [0.25, 0.3) is 0 Å². The third kappa shape index (κ3) is 4.15. The lowest BCUT2D eigenvalue weighted by atomic mass is 9.51. The molecule has 1 aromatic rings. The van der Waals surface area contributed by atoms with Crippen LogP contribution in [0.2, 0.25) is 0 Å². The van der Waals surface area contributed by atoms with Crippen LogP contribution >= 0.6 is 12.2 Å². The fourth-order valence-corrected chi connectivity index (χ4v) is 7.94. The number of fused-ring (bicyclic) bond motifs is 4. The highest BCUT2D eigenvalue weighted by molar-refractivity contribution is 7.80. The Labute approximate surface area is 219 Å². The average molecular weight is 508 g/mol. The van der Waals surface area contributed by atoms with E-state index in [-0.39, 0.29) is 27.8 Å². The van der Waals surface area contributed by atoms with Crippen molar-refractivity contribution in [3.8, 4) is 0 Å². The van der Waals surface area contributed by atoms with E-state index in [1.54, 1.807) is 18.9 Å². The molecule has 0 aliphatic heterocycles. The van der Waals surface area contributed by atoms with Gasteiger partial charge in [-0.15, -0.1) is 0 Å². The topological polar surface area (TPSA) is 85.9 Å². The number of ether oxygens (including phenoxy) is 2. The van der Waals surface area contributed by atoms with E-state index < -0.39 is 0 Å². The zero-order valence-electron chi connectivity index (χ0n) is 21.5. The Kier molecular flexibility index (Phi) is 6.92. The summed E-state index contributed by atoms with van der Waals surface area (Å²) in [5, 5.41) is 4.24. The maximum absolute atomic E-state index is 12.3. The second-order valence-corrected chi connectivity index (χ2v) is 11.5. The van der Waals surface area contributed by atoms with Crippen molar-refractivity contribution < 1.29 is 14.3 Å². The molecule has 192 valence electrons. The van der Waals surface area contributed by atoms with Crippen molar-refractivity contribution in [2.24, 2.45) is 28.1 Å². The van der Waals surface area contributed by atoms with E-state index in [1.807, 2.05) is 13.2 Å². The average Bonchev–Trinajstić information content (AvgIpc) is 3.15. The highest BCUT2D eigenvalue weighted by Crippen LogP contribution is 2.67. The molecule has 36 heavy (non-hydrogen) atoms. The Morgan fingerprint density at radius 3 is 2.69 bits per heavy atom. The molecule has 5 rings (SSSR count). The quantitative estimate of drug-likeness (QED) is 0.327. The summed E-state index contributed by atoms with van der Waals surface area (Å²) in [6.07, 6.45) is 10.5. The molecule has 0 bridgehead atoms. The van der Waals surface area contributed by atoms with Crippen LogP contribution in [0.5, 0.6) is 0 Å². The Hall–Kier alpha value is -2.35. The Morgan fingerprint density at radius 1 is 1.22 bits per heavy atom. The highest BCUT2D eigenvalue weighted by Gasteiger charge is 2.63. The van der Waals surface area contributed by atoms with Crippen molar-refractivity contribution in [2.75, 3.05) is 20.8 Å². The summed E-state index contributed by atoms with van der Waals surface area (Å²) >= 11 is 4.82. The Bertz CT molecular complexity index is 1140. The van der Waals surface area contributed by atoms with Crippen molar-refractivity contribution in [3.05, 3.63) is 58.2 Å². The lowest BCUT2D eigenvalue weighted by Gasteiger charge is -2.55. The molecular formula is C29H37N3O3S. The van der Waals surface area contributed by atoms with E-state index in [0.29, 0.717) is 24.9 Å². The van der Waals surface area contributed by atoms with Gasteiger partial charge in [-0.25, -0.2) is 0 Å². The summed E-state index contributed by atoms with van der Waals surface area (Å²) in [6, 6.07) is 8.66. The Balaban J connectivity index is 1.58. The third-order valence-electron chi connectivity index (χ3n) is 9.52. The minimum atomic E-state index is -0.279. The second-order valence-electron chi connectivity index (χ2n) is 11.1. The van der Waals surface area contributed by atoms with Crippen LogP contribution in [0.1, 0.15) is 68.9 Å². The fraction of sp³-hybridized carbons (Fsp3) is 0.552. The second kappa shape index (κ2) is 9.84. The molecule has 2 saturated carbocycles. The number of nitrogens with one attached hydrogen (secondary N) is 1. The number of allylic oxidation sites excluding steroid dienone is 4. The van der Waals surface area contributed by atoms with Gasteiger partial charge >= 0.3 is 0 Å². The molecule has 3 N–H and O–H groups in total. The molecule has 0 heterocycles. The van der Waals surface area contributed by atoms with E-state index in [4.69, 9.17) is 27.4 Å². The van der Waals surface area contributed by atoms with Gasteiger partial charge in [-0.05, 0) is 90.9 Å². The summed E-state index contributed by atoms with van der Waals surface area (Å²) < 4.78 is 12.1. The molecule has 4 unspecified atom stereocenters. The van der Waals surface area contributed by atoms with Crippen LogP contribution in [0.3, 0.4) is 0 Å². The van der Waals surface area contributed by atoms with Crippen molar-refractivity contribution in [1.29, 1.82) is 0 Å². The van der Waals surface area contributed by atoms with Crippen LogP contribution in [0, 0.1) is 17.3 Å². The molecule has 7 heteroatoms. The number of hydrogen-bond donors (Lipinski definition) is 2. The molecule has 4 aliphatic carbocycles. The number of hydrazone groups is 1. The van der Waals surface area contributed by atoms with Crippen molar-refractivity contribution in [2.45, 2.75) is 63.4 Å². The lowest BCUT2D eigenvalue weighted by Crippen LogP contribution is -2.54. The van der Waals surface area contributed by atoms with E-state index in [0.717, 1.165) is 44.1 Å². The van der Waals surface area contributed by atoms with Gasteiger partial charge in [0.2, 0.25) is 0 Å². The first-order valence-electron chi connectivity index (χ1n) is 13.0. The number of ketones is 1. The zero-order valence-corrected chi connectivity index (χ0v) is 22.3. The van der Waals surface area contributed by atoms with Crippen LogP contribution in [0.25, 0.3) is 0 Å². The number of rotatable bonds is 6. The number of methoxy groups -OCH3 is 2. The molecule has 0 amide bonds. The van der Waals surface area contributed by atoms with Gasteiger partial charge in [-0.3, -0.25) is 10.2 Å². The van der Waals surface area contributed by atoms with Crippen LogP contribution in [-0.4, -0.2) is 43.5 Å². The largest absolute Gasteiger partial charge is 0.382 e. The summed E-state index contributed by atoms with van der Waals surface area (Å²) in [6.45, 7) is 3.06. The first-order valence-corrected chi connectivity index (χ1v) is 13.4. The smallest absolute Gasteiger partial charge is 0.184 e. The summed E-state index contributed by atoms with van der Waals surface area (Å²) in [5.74, 6) is 1.63. The number of thiocarbonyl (C=S) groups is 1. The molecule has 5 atom stereocenters. The number of benzene rings is 1. The van der Waals surface area contributed by atoms with Crippen molar-refractivity contribution in [3.63, 3.8) is 0 Å². The predicted octanol–water partition coefficient (Wildman–Crippen LogP) is 4.78. The zero-order chi connectivity index (χ0) is 25.5. The molecule has 0 radical (unpaired) electrons. The molecule has 6 nitrogen and oxygen atoms in total. The van der Waals surface area contributed by atoms with E-state index in [1.165, 1.54) is 16.7 Å². The van der Waals surface area contributed by atoms with Crippen LogP contribution in [-0.2, 0) is 14.3 Å². The minimum absolute atomic E-state index is 0.00370. The van der Waals surface area contributed by atoms with Gasteiger partial charge in [0.1, 0.15) is 0 Å². The van der Waals surface area contributed by atoms with Gasteiger partial charge in [0.05, 0.1) is 18.4 Å². The van der Waals surface area contributed by atoms with Gasteiger partial charge < -0.3 is 15.2 Å². The normalized spacial score (nSPS) is 33.7. The minimum Gasteiger partial charge on any atom is -0.382 e. The van der Waals surface area contributed by atoms with Gasteiger partial charge in [0.15, 0.2) is 10.9 Å². The van der Waals surface area contributed by atoms with Gasteiger partial charge in [-0.2, -0.15) is 5.10 Å². The third-order valence-corrected chi connectivity index (χ3v) is 9.61. The molecule has 1 aromatic carbocycles. The maximum atomic E-state index is 12.3. The highest BCUT2D eigenvalue weighted by atomic mass is 32.1. The molecular weight excluding hydrogens is 470 g/mol. The summed E-state index contributed by atoms with van der Waals surface area (Å²) in [7, 11) is 3.65. The summed E-state index contributed by atoms with van der Waals surface area (Å²) in [4.78, 5) is 12.3. The standard InChI is InChI=1S/C29H37N3O3S/c1-28-15-24(19-6-4-18(5-7-19)16-31-32-27(30)36)26-22-11-9-21(33)14-20(22)8-10-23(26)25(28)12-13-29(28,35-3)17-34-2/h4-7,14,16,23-25H,8-13,15,17H2,1-3H3,(H3,30,32,36)/b31-16+/t23?,24?,25?,28?,29-/m1/s1. The molecule has 0 saturated heterocycles. The Morgan fingerprint density at radius 2 is 2.00 bits per heavy atom. The first-order chi connectivity index (χ1) is 17.3. The predicted molar refractivity (Wildman–Crippen MR) is 146 cm³/mol. The number of nitrogens with zero attached hydrogens (tertiary/aromatic N) is 1. The molecule has 4 aliphatic rings. The maximum Gasteiger partial charge on any atom is 0.184 e. The fourth-order valence-electron chi connectivity index (χ4n) is 7.89. The van der Waals surface area contributed by atoms with Crippen molar-refractivity contribution in [1.82, 2.24) is 5.43 Å². The van der Waals surface area contributed by atoms with Crippen LogP contribution in [0.15, 0.2) is 52.2 Å². The van der Waals surface area contributed by atoms with E-state index >= 15 is 0 Å². The summed E-state index contributed by atoms with van der Waals surface area (Å²) in [5.41, 5.74) is 14.4. The molecule has 0 aromatic heterocycles. The number of nitrogens with two attached hydrogens (primary N) is 1. The first kappa shape index (κ1) is 25.3. The van der Waals surface area contributed by atoms with E-state index in [9.17, 15) is 4.79 Å². The van der Waals surface area contributed by atoms with Crippen molar-refractivity contribution >= 4 is 29.3 Å². The molecule has 2 fully saturated rings. The monoisotopic (exact) mass is 507 g/mol.